The van der Waals surface area contributed by atoms with Crippen LogP contribution in [0.5, 0.6) is 11.5 Å². The van der Waals surface area contributed by atoms with E-state index in [0.29, 0.717) is 22.3 Å². The predicted molar refractivity (Wildman–Crippen MR) is 151 cm³/mol. The standard InChI is InChI=1S/C16H13N3O.C13H9N3OS.Zn/c1-11-5-4-8-15(17-11)18-19-16-13-7-3-2-6-12(13)9-10-14(16)20;17-11-6-5-9-3-1-2-4-10(9)12(11)15-16-13-14-7-8-18-13;/h2-10,20H,1H3;1-8,17H;. The number of fused-ring (bicyclic) bond motifs is 2. The number of hydrogen-bond acceptors (Lipinski definition) is 9. The van der Waals surface area contributed by atoms with Crippen molar-refractivity contribution >= 4 is 55.2 Å². The van der Waals surface area contributed by atoms with Gasteiger partial charge in [0.2, 0.25) is 5.13 Å². The van der Waals surface area contributed by atoms with Crippen LogP contribution in [0.1, 0.15) is 5.69 Å². The Labute approximate surface area is 241 Å². The zero-order chi connectivity index (χ0) is 26.3. The summed E-state index contributed by atoms with van der Waals surface area (Å²) in [5.74, 6) is 0.756. The van der Waals surface area contributed by atoms with Gasteiger partial charge in [0, 0.05) is 47.5 Å². The summed E-state index contributed by atoms with van der Waals surface area (Å²) in [6.45, 7) is 1.90. The Morgan fingerprint density at radius 3 is 1.79 bits per heavy atom. The molecule has 2 N–H and O–H groups in total. The molecule has 39 heavy (non-hydrogen) atoms. The van der Waals surface area contributed by atoms with Crippen LogP contribution in [0.3, 0.4) is 0 Å². The number of benzene rings is 4. The molecule has 0 saturated carbocycles. The number of nitrogens with zero attached hydrogens (tertiary/aromatic N) is 6. The van der Waals surface area contributed by atoms with Gasteiger partial charge in [0.1, 0.15) is 22.9 Å². The smallest absolute Gasteiger partial charge is 0.229 e. The van der Waals surface area contributed by atoms with E-state index in [2.05, 4.69) is 30.4 Å². The summed E-state index contributed by atoms with van der Waals surface area (Å²) < 4.78 is 0. The molecule has 6 aromatic rings. The second-order valence-electron chi connectivity index (χ2n) is 8.16. The largest absolute Gasteiger partial charge is 0.506 e. The third-order valence-electron chi connectivity index (χ3n) is 5.54. The maximum Gasteiger partial charge on any atom is 0.229 e. The fourth-order valence-corrected chi connectivity index (χ4v) is 4.19. The molecule has 6 rings (SSSR count). The molecule has 0 atom stereocenters. The summed E-state index contributed by atoms with van der Waals surface area (Å²) in [7, 11) is 0. The van der Waals surface area contributed by atoms with E-state index < -0.39 is 0 Å². The van der Waals surface area contributed by atoms with Gasteiger partial charge in [0.25, 0.3) is 0 Å². The molecule has 0 unspecified atom stereocenters. The van der Waals surface area contributed by atoms with Crippen LogP contribution in [-0.2, 0) is 19.5 Å². The van der Waals surface area contributed by atoms with Crippen molar-refractivity contribution in [3.8, 4) is 11.5 Å². The number of rotatable bonds is 4. The van der Waals surface area contributed by atoms with Crippen LogP contribution < -0.4 is 0 Å². The minimum absolute atomic E-state index is 0. The van der Waals surface area contributed by atoms with Gasteiger partial charge in [-0.25, -0.2) is 9.97 Å². The van der Waals surface area contributed by atoms with Crippen molar-refractivity contribution in [1.82, 2.24) is 9.97 Å². The van der Waals surface area contributed by atoms with Gasteiger partial charge in [0.05, 0.1) is 0 Å². The molecular weight excluding hydrogens is 562 g/mol. The summed E-state index contributed by atoms with van der Waals surface area (Å²) in [6.07, 6.45) is 1.67. The number of aryl methyl sites for hydroxylation is 1. The van der Waals surface area contributed by atoms with E-state index in [4.69, 9.17) is 0 Å². The van der Waals surface area contributed by atoms with Crippen LogP contribution in [0, 0.1) is 6.92 Å². The summed E-state index contributed by atoms with van der Waals surface area (Å²) in [5.41, 5.74) is 1.82. The van der Waals surface area contributed by atoms with E-state index in [-0.39, 0.29) is 31.0 Å². The Morgan fingerprint density at radius 1 is 0.641 bits per heavy atom. The maximum absolute atomic E-state index is 9.97. The molecular formula is C29H22N6O2SZn. The molecule has 4 aromatic carbocycles. The molecule has 0 aliphatic heterocycles. The third kappa shape index (κ3) is 6.73. The van der Waals surface area contributed by atoms with E-state index >= 15 is 0 Å². The number of hydrogen-bond donors (Lipinski definition) is 2. The number of phenols is 2. The average Bonchev–Trinajstić information content (AvgIpc) is 3.46. The molecule has 2 heterocycles. The van der Waals surface area contributed by atoms with Crippen LogP contribution in [0.25, 0.3) is 21.5 Å². The van der Waals surface area contributed by atoms with Gasteiger partial charge in [0.15, 0.2) is 5.82 Å². The van der Waals surface area contributed by atoms with Crippen molar-refractivity contribution in [3.63, 3.8) is 0 Å². The van der Waals surface area contributed by atoms with Crippen molar-refractivity contribution in [3.05, 3.63) is 108 Å². The molecule has 10 heteroatoms. The molecule has 8 nitrogen and oxygen atoms in total. The van der Waals surface area contributed by atoms with E-state index in [9.17, 15) is 10.2 Å². The molecule has 0 amide bonds. The van der Waals surface area contributed by atoms with Gasteiger partial charge in [-0.2, -0.15) is 0 Å². The molecule has 0 spiro atoms. The fraction of sp³-hybridized carbons (Fsp3) is 0.0345. The van der Waals surface area contributed by atoms with Crippen LogP contribution in [0.2, 0.25) is 0 Å². The first kappa shape index (κ1) is 27.6. The molecule has 0 aliphatic rings. The molecule has 0 saturated heterocycles. The van der Waals surface area contributed by atoms with E-state index in [1.165, 1.54) is 11.3 Å². The molecule has 2 aromatic heterocycles. The summed E-state index contributed by atoms with van der Waals surface area (Å²) in [4.78, 5) is 8.27. The van der Waals surface area contributed by atoms with Gasteiger partial charge in [-0.1, -0.05) is 66.7 Å². The van der Waals surface area contributed by atoms with Crippen LogP contribution in [-0.4, -0.2) is 20.2 Å². The number of thiazole rings is 1. The van der Waals surface area contributed by atoms with Gasteiger partial charge < -0.3 is 10.2 Å². The summed E-state index contributed by atoms with van der Waals surface area (Å²) in [6, 6.07) is 28.0. The Bertz CT molecular complexity index is 1770. The Morgan fingerprint density at radius 2 is 1.23 bits per heavy atom. The van der Waals surface area contributed by atoms with Gasteiger partial charge in [-0.15, -0.1) is 31.8 Å². The number of azo groups is 2. The summed E-state index contributed by atoms with van der Waals surface area (Å²) in [5, 5.41) is 42.4. The van der Waals surface area contributed by atoms with Crippen molar-refractivity contribution < 1.29 is 29.7 Å². The van der Waals surface area contributed by atoms with Crippen LogP contribution in [0.4, 0.5) is 22.3 Å². The Balaban J connectivity index is 0.000000177. The van der Waals surface area contributed by atoms with E-state index in [1.54, 1.807) is 24.4 Å². The average molecular weight is 584 g/mol. The quantitative estimate of drug-likeness (QED) is 0.159. The molecule has 188 valence electrons. The minimum atomic E-state index is 0. The van der Waals surface area contributed by atoms with Gasteiger partial charge in [-0.05, 0) is 42.0 Å². The Hall–Kier alpha value is -4.40. The Kier molecular flexibility index (Phi) is 9.15. The minimum Gasteiger partial charge on any atom is -0.506 e. The fourth-order valence-electron chi connectivity index (χ4n) is 3.74. The number of pyridine rings is 1. The van der Waals surface area contributed by atoms with Crippen LogP contribution >= 0.6 is 11.3 Å². The second-order valence-corrected chi connectivity index (χ2v) is 9.03. The van der Waals surface area contributed by atoms with E-state index in [0.717, 1.165) is 27.2 Å². The number of phenolic OH excluding ortho intramolecular Hbond substituents is 2. The normalized spacial score (nSPS) is 11.0. The molecule has 0 radical (unpaired) electrons. The molecule has 0 aliphatic carbocycles. The van der Waals surface area contributed by atoms with Crippen molar-refractivity contribution in [2.24, 2.45) is 20.5 Å². The molecule has 0 fully saturated rings. The van der Waals surface area contributed by atoms with Crippen molar-refractivity contribution in [2.75, 3.05) is 0 Å². The number of aromatic hydroxyl groups is 2. The summed E-state index contributed by atoms with van der Waals surface area (Å²) >= 11 is 1.40. The monoisotopic (exact) mass is 582 g/mol. The third-order valence-corrected chi connectivity index (χ3v) is 6.20. The topological polar surface area (TPSA) is 116 Å². The van der Waals surface area contributed by atoms with Gasteiger partial charge >= 0.3 is 0 Å². The number of aromatic nitrogens is 2. The van der Waals surface area contributed by atoms with Crippen molar-refractivity contribution in [1.29, 1.82) is 0 Å². The van der Waals surface area contributed by atoms with Crippen LogP contribution in [0.15, 0.2) is 123 Å². The zero-order valence-electron chi connectivity index (χ0n) is 21.0. The maximum atomic E-state index is 9.97. The van der Waals surface area contributed by atoms with Crippen molar-refractivity contribution in [2.45, 2.75) is 6.92 Å². The SMILES string of the molecule is Cc1cccc(N=Nc2c(O)ccc3ccccc23)n1.Oc1ccc2ccccc2c1N=Nc1nccs1.[Zn]. The molecule has 0 bridgehead atoms. The van der Waals surface area contributed by atoms with E-state index in [1.807, 2.05) is 85.1 Å². The first-order valence-corrected chi connectivity index (χ1v) is 12.5. The second kappa shape index (κ2) is 12.9. The zero-order valence-corrected chi connectivity index (χ0v) is 24.8. The first-order chi connectivity index (χ1) is 18.6. The first-order valence-electron chi connectivity index (χ1n) is 11.7. The predicted octanol–water partition coefficient (Wildman–Crippen LogP) is 9.08. The van der Waals surface area contributed by atoms with Gasteiger partial charge in [-0.3, -0.25) is 0 Å².